The maximum absolute atomic E-state index is 17.1. The van der Waals surface area contributed by atoms with E-state index >= 15 is 4.39 Å². The number of anilines is 2. The van der Waals surface area contributed by atoms with Crippen LogP contribution in [0.25, 0.3) is 32.1 Å². The summed E-state index contributed by atoms with van der Waals surface area (Å²) in [5, 5.41) is 10.2. The number of nitrogen functional groups attached to an aromatic ring is 1. The van der Waals surface area contributed by atoms with E-state index in [2.05, 4.69) is 16.8 Å². The van der Waals surface area contributed by atoms with Gasteiger partial charge in [-0.1, -0.05) is 24.6 Å². The Labute approximate surface area is 277 Å². The molecule has 47 heavy (non-hydrogen) atoms. The molecule has 4 aliphatic heterocycles. The minimum Gasteiger partial charge on any atom is -0.491 e. The van der Waals surface area contributed by atoms with E-state index in [9.17, 15) is 18.4 Å². The minimum atomic E-state index is -2.55. The summed E-state index contributed by atoms with van der Waals surface area (Å²) in [6.45, 7) is 4.77. The van der Waals surface area contributed by atoms with Crippen LogP contribution in [-0.4, -0.2) is 65.7 Å². The fourth-order valence-electron chi connectivity index (χ4n) is 8.50. The van der Waals surface area contributed by atoms with Gasteiger partial charge >= 0.3 is 6.01 Å². The number of benzene rings is 2. The van der Waals surface area contributed by atoms with Gasteiger partial charge in [0.1, 0.15) is 34.8 Å². The fraction of sp³-hybridized carbons (Fsp3) is 0.485. The summed E-state index contributed by atoms with van der Waals surface area (Å²) >= 11 is 7.88. The van der Waals surface area contributed by atoms with Crippen LogP contribution in [0.4, 0.5) is 28.4 Å². The van der Waals surface area contributed by atoms with E-state index in [1.54, 1.807) is 4.90 Å². The van der Waals surface area contributed by atoms with Gasteiger partial charge in [0.2, 0.25) is 6.43 Å². The molecule has 0 spiro atoms. The Morgan fingerprint density at radius 1 is 1.23 bits per heavy atom. The lowest BCUT2D eigenvalue weighted by molar-refractivity contribution is 0.0681. The van der Waals surface area contributed by atoms with E-state index in [0.717, 1.165) is 43.7 Å². The second kappa shape index (κ2) is 11.2. The molecule has 8 rings (SSSR count). The number of hydrogen-bond acceptors (Lipinski definition) is 9. The summed E-state index contributed by atoms with van der Waals surface area (Å²) in [6, 6.07) is 3.87. The first kappa shape index (κ1) is 30.7. The lowest BCUT2D eigenvalue weighted by Gasteiger charge is -2.33. The van der Waals surface area contributed by atoms with E-state index in [1.807, 2.05) is 6.07 Å². The first-order valence-corrected chi connectivity index (χ1v) is 17.0. The Kier molecular flexibility index (Phi) is 7.35. The van der Waals surface area contributed by atoms with Gasteiger partial charge in [-0.25, -0.2) is 17.6 Å². The predicted molar refractivity (Wildman–Crippen MR) is 173 cm³/mol. The largest absolute Gasteiger partial charge is 0.491 e. The van der Waals surface area contributed by atoms with Gasteiger partial charge < -0.3 is 20.1 Å². The van der Waals surface area contributed by atoms with Crippen LogP contribution in [-0.2, 0) is 0 Å². The fourth-order valence-corrected chi connectivity index (χ4v) is 9.78. The van der Waals surface area contributed by atoms with Gasteiger partial charge in [-0.15, -0.1) is 11.3 Å². The lowest BCUT2D eigenvalue weighted by Crippen LogP contribution is -2.43. The van der Waals surface area contributed by atoms with Crippen molar-refractivity contribution in [3.8, 4) is 29.0 Å². The second-order valence-corrected chi connectivity index (χ2v) is 14.6. The monoisotopic (exact) mass is 686 g/mol. The zero-order chi connectivity index (χ0) is 32.8. The van der Waals surface area contributed by atoms with Gasteiger partial charge in [-0.2, -0.15) is 15.2 Å². The van der Waals surface area contributed by atoms with Crippen molar-refractivity contribution in [1.29, 1.82) is 5.26 Å². The number of rotatable bonds is 5. The third-order valence-corrected chi connectivity index (χ3v) is 11.9. The van der Waals surface area contributed by atoms with Gasteiger partial charge in [-0.3, -0.25) is 4.90 Å². The summed E-state index contributed by atoms with van der Waals surface area (Å²) in [6.07, 6.45) is 0.897. The Morgan fingerprint density at radius 3 is 2.85 bits per heavy atom. The van der Waals surface area contributed by atoms with Crippen molar-refractivity contribution in [2.45, 2.75) is 57.0 Å². The van der Waals surface area contributed by atoms with Gasteiger partial charge in [-0.05, 0) is 49.8 Å². The van der Waals surface area contributed by atoms with Crippen molar-refractivity contribution in [3.05, 3.63) is 34.4 Å². The number of hydrogen-bond donors (Lipinski definition) is 1. The van der Waals surface area contributed by atoms with Gasteiger partial charge in [0.25, 0.3) is 0 Å². The highest BCUT2D eigenvalue weighted by Crippen LogP contribution is 2.52. The molecule has 3 saturated heterocycles. The maximum Gasteiger partial charge on any atom is 0.319 e. The number of thiophene rings is 1. The molecule has 246 valence electrons. The van der Waals surface area contributed by atoms with Gasteiger partial charge in [0.15, 0.2) is 11.6 Å². The van der Waals surface area contributed by atoms with E-state index in [1.165, 1.54) is 12.1 Å². The molecule has 0 aliphatic carbocycles. The Hall–Kier alpha value is -3.60. The molecule has 0 saturated carbocycles. The van der Waals surface area contributed by atoms with Gasteiger partial charge in [0.05, 0.1) is 32.8 Å². The summed E-state index contributed by atoms with van der Waals surface area (Å²) in [5.74, 6) is -1.57. The molecule has 4 aromatic rings. The third-order valence-electron chi connectivity index (χ3n) is 10.5. The number of alkyl halides is 2. The zero-order valence-corrected chi connectivity index (χ0v) is 27.0. The van der Waals surface area contributed by atoms with Crippen LogP contribution in [0.5, 0.6) is 11.8 Å². The van der Waals surface area contributed by atoms with Crippen LogP contribution < -0.4 is 20.1 Å². The molecule has 2 aromatic carbocycles. The normalized spacial score (nSPS) is 25.6. The standard InChI is InChI=1S/C33H31ClF4N6O2S/c1-15-11-33(7-2-8-43(33)13-15)14-46-32-41-26-23-27(45-10-6-20-16(29(37)38)5-9-44(20)31(23)42-32)24(34)22(25(26)36)17-3-4-19(35)28-21(17)18(12-39)30(40)47-28/h3-4,15-16,20,29H,2,5-11,13-14,40H2,1H3/t15-,16?,20?,33+/m1/s1. The molecule has 3 fully saturated rings. The van der Waals surface area contributed by atoms with E-state index in [0.29, 0.717) is 12.5 Å². The molecule has 0 amide bonds. The lowest BCUT2D eigenvalue weighted by atomic mass is 9.92. The van der Waals surface area contributed by atoms with Crippen molar-refractivity contribution in [2.24, 2.45) is 11.8 Å². The number of nitriles is 1. The number of aromatic nitrogens is 2. The van der Waals surface area contributed by atoms with E-state index in [-0.39, 0.29) is 96.8 Å². The van der Waals surface area contributed by atoms with Crippen LogP contribution in [0.3, 0.4) is 0 Å². The van der Waals surface area contributed by atoms with Crippen LogP contribution in [0.15, 0.2) is 12.1 Å². The number of nitrogens with two attached hydrogens (primary N) is 1. The van der Waals surface area contributed by atoms with E-state index < -0.39 is 30.0 Å². The first-order valence-electron chi connectivity index (χ1n) is 15.8. The zero-order valence-electron chi connectivity index (χ0n) is 25.5. The highest BCUT2D eigenvalue weighted by molar-refractivity contribution is 7.23. The van der Waals surface area contributed by atoms with Crippen molar-refractivity contribution in [2.75, 3.05) is 43.5 Å². The van der Waals surface area contributed by atoms with E-state index in [4.69, 9.17) is 31.8 Å². The molecule has 2 N–H and O–H groups in total. The Bertz CT molecular complexity index is 1990. The third kappa shape index (κ3) is 4.62. The predicted octanol–water partition coefficient (Wildman–Crippen LogP) is 7.39. The van der Waals surface area contributed by atoms with Crippen LogP contribution in [0.1, 0.15) is 44.6 Å². The van der Waals surface area contributed by atoms with Crippen LogP contribution in [0, 0.1) is 34.8 Å². The smallest absolute Gasteiger partial charge is 0.319 e. The summed E-state index contributed by atoms with van der Waals surface area (Å²) < 4.78 is 73.0. The highest BCUT2D eigenvalue weighted by Gasteiger charge is 2.48. The number of ether oxygens (including phenoxy) is 2. The summed E-state index contributed by atoms with van der Waals surface area (Å²) in [4.78, 5) is 13.6. The maximum atomic E-state index is 17.1. The van der Waals surface area contributed by atoms with Crippen molar-refractivity contribution in [3.63, 3.8) is 0 Å². The molecule has 8 nitrogen and oxygen atoms in total. The molecule has 0 radical (unpaired) electrons. The highest BCUT2D eigenvalue weighted by atomic mass is 35.5. The molecular formula is C33H31ClF4N6O2S. The average molecular weight is 687 g/mol. The quantitative estimate of drug-likeness (QED) is 0.217. The van der Waals surface area contributed by atoms with Crippen molar-refractivity contribution >= 4 is 54.7 Å². The SMILES string of the molecule is C[C@H]1CN2CCC[C@@]2(COc2nc3c4c(c(Cl)c(-c5ccc(F)c6sc(N)c(C#N)c56)c(F)c4n2)OCCC2C(C(F)F)CCN32)C1. The van der Waals surface area contributed by atoms with Gasteiger partial charge in [0, 0.05) is 42.4 Å². The number of fused-ring (bicyclic) bond motifs is 4. The number of halogens is 5. The summed E-state index contributed by atoms with van der Waals surface area (Å²) in [5.41, 5.74) is 5.76. The molecule has 6 heterocycles. The van der Waals surface area contributed by atoms with Crippen molar-refractivity contribution in [1.82, 2.24) is 14.9 Å². The van der Waals surface area contributed by atoms with Crippen molar-refractivity contribution < 1.29 is 27.0 Å². The van der Waals surface area contributed by atoms with Crippen LogP contribution >= 0.6 is 22.9 Å². The minimum absolute atomic E-state index is 0.00941. The molecule has 0 bridgehead atoms. The molecule has 14 heteroatoms. The second-order valence-electron chi connectivity index (χ2n) is 13.2. The molecular weight excluding hydrogens is 656 g/mol. The molecule has 4 aliphatic rings. The first-order chi connectivity index (χ1) is 22.6. The summed E-state index contributed by atoms with van der Waals surface area (Å²) in [7, 11) is 0. The average Bonchev–Trinajstić information content (AvgIpc) is 3.78. The topological polar surface area (TPSA) is 101 Å². The molecule has 4 atom stereocenters. The Morgan fingerprint density at radius 2 is 2.06 bits per heavy atom. The van der Waals surface area contributed by atoms with Crippen LogP contribution in [0.2, 0.25) is 5.02 Å². The molecule has 2 aromatic heterocycles. The molecule has 2 unspecified atom stereocenters. The Balaban J connectivity index is 1.35. The number of nitrogens with zero attached hydrogens (tertiary/aromatic N) is 5.